The number of nitrogens with zero attached hydrogens (tertiary/aromatic N) is 4. The van der Waals surface area contributed by atoms with E-state index in [-0.39, 0.29) is 0 Å². The Hall–Kier alpha value is -2.28. The van der Waals surface area contributed by atoms with Crippen molar-refractivity contribution in [1.82, 2.24) is 24.5 Å². The molecular weight excluding hydrogens is 284 g/mol. The van der Waals surface area contributed by atoms with Crippen molar-refractivity contribution in [1.29, 1.82) is 0 Å². The summed E-state index contributed by atoms with van der Waals surface area (Å²) in [7, 11) is 0. The molecule has 0 radical (unpaired) electrons. The van der Waals surface area contributed by atoms with Gasteiger partial charge in [0, 0.05) is 12.7 Å². The van der Waals surface area contributed by atoms with Crippen LogP contribution in [-0.2, 0) is 6.54 Å². The molecule has 0 saturated carbocycles. The summed E-state index contributed by atoms with van der Waals surface area (Å²) in [6, 6.07) is 5.75. The molecular formula is C14H16N6S. The summed E-state index contributed by atoms with van der Waals surface area (Å²) < 4.78 is 2.41. The Balaban J connectivity index is 2.28. The lowest BCUT2D eigenvalue weighted by Gasteiger charge is -2.07. The third-order valence-electron chi connectivity index (χ3n) is 3.27. The third-order valence-corrected chi connectivity index (χ3v) is 3.47. The molecule has 0 aliphatic heterocycles. The number of nitrogens with two attached hydrogens (primary N) is 1. The molecule has 0 fully saturated rings. The highest BCUT2D eigenvalue weighted by Crippen LogP contribution is 2.25. The number of aromatic amines is 1. The normalized spacial score (nSPS) is 11.1. The molecule has 0 bridgehead atoms. The van der Waals surface area contributed by atoms with E-state index in [1.165, 1.54) is 0 Å². The summed E-state index contributed by atoms with van der Waals surface area (Å²) in [5.74, 6) is 1.21. The number of nitrogen functional groups attached to an aromatic ring is 1. The van der Waals surface area contributed by atoms with E-state index in [0.29, 0.717) is 21.8 Å². The average Bonchev–Trinajstić information content (AvgIpc) is 2.85. The van der Waals surface area contributed by atoms with Gasteiger partial charge in [0.25, 0.3) is 0 Å². The number of aryl methyl sites for hydroxylation is 1. The van der Waals surface area contributed by atoms with Crippen LogP contribution in [0.5, 0.6) is 0 Å². The second kappa shape index (κ2) is 5.61. The summed E-state index contributed by atoms with van der Waals surface area (Å²) in [4.78, 5) is 16.2. The molecule has 0 amide bonds. The lowest BCUT2D eigenvalue weighted by atomic mass is 10.3. The molecule has 0 aliphatic rings. The van der Waals surface area contributed by atoms with Crippen molar-refractivity contribution < 1.29 is 0 Å². The second-order valence-electron chi connectivity index (χ2n) is 4.78. The first-order valence-corrected chi connectivity index (χ1v) is 7.29. The van der Waals surface area contributed by atoms with Crippen LogP contribution in [0, 0.1) is 4.77 Å². The van der Waals surface area contributed by atoms with E-state index in [4.69, 9.17) is 18.0 Å². The lowest BCUT2D eigenvalue weighted by Crippen LogP contribution is -2.03. The predicted octanol–water partition coefficient (Wildman–Crippen LogP) is 2.93. The van der Waals surface area contributed by atoms with Gasteiger partial charge in [-0.1, -0.05) is 19.4 Å². The van der Waals surface area contributed by atoms with Crippen molar-refractivity contribution in [2.45, 2.75) is 26.3 Å². The summed E-state index contributed by atoms with van der Waals surface area (Å²) in [6.07, 6.45) is 3.86. The van der Waals surface area contributed by atoms with Gasteiger partial charge in [-0.05, 0) is 30.8 Å². The van der Waals surface area contributed by atoms with Gasteiger partial charge in [0.1, 0.15) is 17.0 Å². The molecule has 3 N–H and O–H groups in total. The SMILES string of the molecule is CCCCn1c(-c2ccccn2)nc2c(N)[nH]c(=S)nc21. The Morgan fingerprint density at radius 1 is 1.33 bits per heavy atom. The van der Waals surface area contributed by atoms with Gasteiger partial charge in [0.15, 0.2) is 16.2 Å². The molecule has 0 unspecified atom stereocenters. The molecule has 0 aromatic carbocycles. The molecule has 0 spiro atoms. The number of imidazole rings is 1. The molecule has 3 aromatic heterocycles. The van der Waals surface area contributed by atoms with Crippen LogP contribution in [0.2, 0.25) is 0 Å². The number of unbranched alkanes of at least 4 members (excludes halogenated alkanes) is 1. The Morgan fingerprint density at radius 3 is 2.90 bits per heavy atom. The fourth-order valence-corrected chi connectivity index (χ4v) is 2.45. The van der Waals surface area contributed by atoms with Gasteiger partial charge in [-0.3, -0.25) is 4.98 Å². The Kier molecular flexibility index (Phi) is 3.66. The summed E-state index contributed by atoms with van der Waals surface area (Å²) in [5.41, 5.74) is 8.14. The number of nitrogens with one attached hydrogen (secondary N) is 1. The summed E-state index contributed by atoms with van der Waals surface area (Å²) >= 11 is 5.12. The Morgan fingerprint density at radius 2 is 2.19 bits per heavy atom. The molecule has 108 valence electrons. The van der Waals surface area contributed by atoms with Crippen molar-refractivity contribution in [2.24, 2.45) is 0 Å². The van der Waals surface area contributed by atoms with Crippen molar-refractivity contribution in [3.63, 3.8) is 0 Å². The monoisotopic (exact) mass is 300 g/mol. The molecule has 3 rings (SSSR count). The maximum absolute atomic E-state index is 5.99. The van der Waals surface area contributed by atoms with Crippen LogP contribution in [0.3, 0.4) is 0 Å². The first kappa shape index (κ1) is 13.7. The lowest BCUT2D eigenvalue weighted by molar-refractivity contribution is 0.645. The Labute approximate surface area is 127 Å². The largest absolute Gasteiger partial charge is 0.383 e. The van der Waals surface area contributed by atoms with E-state index in [2.05, 4.69) is 26.9 Å². The highest BCUT2D eigenvalue weighted by Gasteiger charge is 2.16. The average molecular weight is 300 g/mol. The number of fused-ring (bicyclic) bond motifs is 1. The highest BCUT2D eigenvalue weighted by atomic mass is 32.1. The van der Waals surface area contributed by atoms with E-state index >= 15 is 0 Å². The minimum Gasteiger partial charge on any atom is -0.383 e. The van der Waals surface area contributed by atoms with Gasteiger partial charge in [-0.15, -0.1) is 0 Å². The maximum atomic E-state index is 5.99. The quantitative estimate of drug-likeness (QED) is 0.724. The topological polar surface area (TPSA) is 85.4 Å². The number of hydrogen-bond donors (Lipinski definition) is 2. The van der Waals surface area contributed by atoms with Crippen LogP contribution in [0.1, 0.15) is 19.8 Å². The summed E-state index contributed by atoms with van der Waals surface area (Å²) in [6.45, 7) is 2.96. The van der Waals surface area contributed by atoms with E-state index < -0.39 is 0 Å². The number of H-pyrrole nitrogens is 1. The van der Waals surface area contributed by atoms with Gasteiger partial charge in [0.2, 0.25) is 0 Å². The van der Waals surface area contributed by atoms with Crippen molar-refractivity contribution in [2.75, 3.05) is 5.73 Å². The van der Waals surface area contributed by atoms with E-state index in [1.54, 1.807) is 6.20 Å². The fourth-order valence-electron chi connectivity index (χ4n) is 2.26. The molecule has 0 atom stereocenters. The van der Waals surface area contributed by atoms with Crippen LogP contribution in [0.4, 0.5) is 5.82 Å². The van der Waals surface area contributed by atoms with E-state index in [1.807, 2.05) is 22.8 Å². The van der Waals surface area contributed by atoms with E-state index in [0.717, 1.165) is 30.9 Å². The number of rotatable bonds is 4. The van der Waals surface area contributed by atoms with E-state index in [9.17, 15) is 0 Å². The zero-order valence-corrected chi connectivity index (χ0v) is 12.5. The number of anilines is 1. The van der Waals surface area contributed by atoms with Crippen molar-refractivity contribution >= 4 is 29.2 Å². The third kappa shape index (κ3) is 2.52. The van der Waals surface area contributed by atoms with Crippen LogP contribution in [-0.4, -0.2) is 24.5 Å². The predicted molar refractivity (Wildman–Crippen MR) is 85.3 cm³/mol. The minimum absolute atomic E-state index is 0.366. The number of aromatic nitrogens is 5. The molecule has 3 heterocycles. The van der Waals surface area contributed by atoms with Crippen molar-refractivity contribution in [3.05, 3.63) is 29.2 Å². The van der Waals surface area contributed by atoms with Crippen LogP contribution in [0.15, 0.2) is 24.4 Å². The molecule has 7 heteroatoms. The summed E-state index contributed by atoms with van der Waals surface area (Å²) in [5, 5.41) is 0. The van der Waals surface area contributed by atoms with Crippen LogP contribution in [0.25, 0.3) is 22.7 Å². The van der Waals surface area contributed by atoms with Gasteiger partial charge < -0.3 is 15.3 Å². The standard InChI is InChI=1S/C14H16N6S/c1-2-3-8-20-12(9-6-4-5-7-16-9)17-10-11(15)18-14(21)19-13(10)20/h4-7H,2-3,8H2,1H3,(H3,15,18,19,21). The van der Waals surface area contributed by atoms with Crippen molar-refractivity contribution in [3.8, 4) is 11.5 Å². The van der Waals surface area contributed by atoms with Crippen LogP contribution < -0.4 is 5.73 Å². The number of pyridine rings is 1. The smallest absolute Gasteiger partial charge is 0.200 e. The molecule has 21 heavy (non-hydrogen) atoms. The first-order valence-electron chi connectivity index (χ1n) is 6.88. The minimum atomic E-state index is 0.366. The molecule has 0 saturated heterocycles. The maximum Gasteiger partial charge on any atom is 0.200 e. The molecule has 0 aliphatic carbocycles. The van der Waals surface area contributed by atoms with Gasteiger partial charge >= 0.3 is 0 Å². The Bertz CT molecular complexity index is 821. The van der Waals surface area contributed by atoms with Gasteiger partial charge in [-0.2, -0.15) is 4.98 Å². The molecule has 3 aromatic rings. The second-order valence-corrected chi connectivity index (χ2v) is 5.17. The van der Waals surface area contributed by atoms with Crippen LogP contribution >= 0.6 is 12.2 Å². The molecule has 6 nitrogen and oxygen atoms in total. The fraction of sp³-hybridized carbons (Fsp3) is 0.286. The van der Waals surface area contributed by atoms with Gasteiger partial charge in [0.05, 0.1) is 0 Å². The number of hydrogen-bond acceptors (Lipinski definition) is 5. The first-order chi connectivity index (χ1) is 10.2. The highest BCUT2D eigenvalue weighted by molar-refractivity contribution is 7.71. The zero-order chi connectivity index (χ0) is 14.8. The van der Waals surface area contributed by atoms with Gasteiger partial charge in [-0.25, -0.2) is 4.98 Å². The zero-order valence-electron chi connectivity index (χ0n) is 11.7.